The third-order valence-corrected chi connectivity index (χ3v) is 6.58. The van der Waals surface area contributed by atoms with Gasteiger partial charge >= 0.3 is 0 Å². The zero-order chi connectivity index (χ0) is 21.4. The van der Waals surface area contributed by atoms with Crippen LogP contribution in [-0.2, 0) is 17.2 Å². The van der Waals surface area contributed by atoms with Gasteiger partial charge in [0, 0.05) is 23.3 Å². The Labute approximate surface area is 169 Å². The molecule has 2 heterocycles. The van der Waals surface area contributed by atoms with Crippen LogP contribution in [-0.4, -0.2) is 22.5 Å². The van der Waals surface area contributed by atoms with Gasteiger partial charge in [0.1, 0.15) is 4.90 Å². The number of hydrogen-bond donors (Lipinski definition) is 2. The Kier molecular flexibility index (Phi) is 3.71. The summed E-state index contributed by atoms with van der Waals surface area (Å²) in [6.07, 6.45) is 0. The average Bonchev–Trinajstić information content (AvgIpc) is 2.71. The van der Waals surface area contributed by atoms with Gasteiger partial charge in [-0.3, -0.25) is 14.1 Å². The van der Waals surface area contributed by atoms with Crippen molar-refractivity contribution in [3.63, 3.8) is 0 Å². The van der Waals surface area contributed by atoms with Crippen molar-refractivity contribution in [2.45, 2.75) is 11.8 Å². The number of aromatic amines is 1. The van der Waals surface area contributed by atoms with E-state index in [1.807, 2.05) is 0 Å². The maximum atomic E-state index is 13.4. The molecule has 5 rings (SSSR count). The van der Waals surface area contributed by atoms with Crippen molar-refractivity contribution in [1.29, 1.82) is 0 Å². The van der Waals surface area contributed by atoms with E-state index in [1.54, 1.807) is 67.1 Å². The van der Waals surface area contributed by atoms with Gasteiger partial charge in [-0.05, 0) is 36.8 Å². The lowest BCUT2D eigenvalue weighted by Crippen LogP contribution is -2.18. The Morgan fingerprint density at radius 1 is 0.900 bits per heavy atom. The third-order valence-electron chi connectivity index (χ3n) is 5.66. The second-order valence-electron chi connectivity index (χ2n) is 7.31. The van der Waals surface area contributed by atoms with Crippen LogP contribution >= 0.6 is 0 Å². The number of para-hydroxylation sites is 2. The van der Waals surface area contributed by atoms with Gasteiger partial charge < -0.3 is 9.55 Å². The molecule has 8 heteroatoms. The van der Waals surface area contributed by atoms with E-state index in [-0.39, 0.29) is 21.7 Å². The summed E-state index contributed by atoms with van der Waals surface area (Å²) in [5.41, 5.74) is 0.796. The summed E-state index contributed by atoms with van der Waals surface area (Å²) in [7, 11) is -3.15. The normalized spacial score (nSPS) is 12.4. The predicted octanol–water partition coefficient (Wildman–Crippen LogP) is 3.24. The molecule has 0 aliphatic carbocycles. The number of hydrogen-bond acceptors (Lipinski definition) is 4. The van der Waals surface area contributed by atoms with Crippen LogP contribution in [0.15, 0.2) is 63.0 Å². The fourth-order valence-corrected chi connectivity index (χ4v) is 5.26. The summed E-state index contributed by atoms with van der Waals surface area (Å²) >= 11 is 0. The van der Waals surface area contributed by atoms with Crippen molar-refractivity contribution < 1.29 is 13.0 Å². The van der Waals surface area contributed by atoms with Gasteiger partial charge in [0.25, 0.3) is 10.1 Å². The molecule has 5 aromatic rings. The van der Waals surface area contributed by atoms with Crippen LogP contribution in [0.25, 0.3) is 43.6 Å². The highest BCUT2D eigenvalue weighted by atomic mass is 32.2. The largest absolute Gasteiger partial charge is 0.353 e. The van der Waals surface area contributed by atoms with E-state index in [4.69, 9.17) is 0 Å². The van der Waals surface area contributed by atoms with Gasteiger partial charge in [0.2, 0.25) is 0 Å². The Bertz CT molecular complexity index is 1780. The molecule has 0 amide bonds. The van der Waals surface area contributed by atoms with Gasteiger partial charge in [-0.2, -0.15) is 8.42 Å². The second kappa shape index (κ2) is 6.01. The highest BCUT2D eigenvalue weighted by molar-refractivity contribution is 7.86. The molecule has 0 aliphatic rings. The number of H-pyrrole nitrogens is 1. The molecule has 0 saturated heterocycles. The fourth-order valence-electron chi connectivity index (χ4n) is 4.40. The lowest BCUT2D eigenvalue weighted by molar-refractivity contribution is 0.485. The van der Waals surface area contributed by atoms with E-state index in [0.717, 1.165) is 0 Å². The number of fused-ring (bicyclic) bond motifs is 4. The van der Waals surface area contributed by atoms with E-state index in [0.29, 0.717) is 32.9 Å². The maximum Gasteiger partial charge on any atom is 0.297 e. The fraction of sp³-hybridized carbons (Fsp3) is 0.0909. The van der Waals surface area contributed by atoms with E-state index in [2.05, 4.69) is 4.98 Å². The number of aromatic nitrogens is 2. The van der Waals surface area contributed by atoms with Crippen molar-refractivity contribution in [3.8, 4) is 0 Å². The summed E-state index contributed by atoms with van der Waals surface area (Å²) in [5, 5.41) is 0.688. The smallest absolute Gasteiger partial charge is 0.297 e. The van der Waals surface area contributed by atoms with E-state index in [1.165, 1.54) is 0 Å². The summed E-state index contributed by atoms with van der Waals surface area (Å²) in [6, 6.07) is 13.5. The molecule has 0 unspecified atom stereocenters. The Balaban J connectivity index is 2.28. The molecule has 0 bridgehead atoms. The lowest BCUT2D eigenvalue weighted by atomic mass is 9.99. The molecule has 0 atom stereocenters. The first-order valence-electron chi connectivity index (χ1n) is 9.18. The van der Waals surface area contributed by atoms with Gasteiger partial charge in [-0.15, -0.1) is 0 Å². The first-order chi connectivity index (χ1) is 14.2. The Morgan fingerprint density at radius 2 is 1.50 bits per heavy atom. The minimum absolute atomic E-state index is 0.0708. The molecule has 2 aromatic heterocycles. The van der Waals surface area contributed by atoms with E-state index in [9.17, 15) is 22.6 Å². The molecule has 30 heavy (non-hydrogen) atoms. The Morgan fingerprint density at radius 3 is 2.20 bits per heavy atom. The van der Waals surface area contributed by atoms with Gasteiger partial charge in [0.15, 0.2) is 10.9 Å². The van der Waals surface area contributed by atoms with Gasteiger partial charge in [-0.1, -0.05) is 24.3 Å². The lowest BCUT2D eigenvalue weighted by Gasteiger charge is -2.17. The molecule has 2 N–H and O–H groups in total. The standard InChI is InChI=1S/C22H16N2O5S/c1-11-16-18(23-14-9-5-3-7-12(14)20(16)25)22(30(27,28)29)17-19(11)24(2)15-10-6-4-8-13(15)21(17)26/h3-10H,1-2H3,(H,23,25)(H,27,28,29). The first-order valence-corrected chi connectivity index (χ1v) is 10.6. The summed E-state index contributed by atoms with van der Waals surface area (Å²) in [6.45, 7) is 1.68. The number of rotatable bonds is 1. The highest BCUT2D eigenvalue weighted by Gasteiger charge is 2.27. The minimum Gasteiger partial charge on any atom is -0.353 e. The number of pyridine rings is 2. The first kappa shape index (κ1) is 18.5. The zero-order valence-electron chi connectivity index (χ0n) is 16.1. The summed E-state index contributed by atoms with van der Waals surface area (Å²) in [4.78, 5) is 29.1. The molecular formula is C22H16N2O5S. The van der Waals surface area contributed by atoms with Crippen molar-refractivity contribution >= 4 is 53.7 Å². The molecule has 0 spiro atoms. The highest BCUT2D eigenvalue weighted by Crippen LogP contribution is 2.33. The molecule has 0 aliphatic heterocycles. The van der Waals surface area contributed by atoms with Crippen LogP contribution < -0.4 is 10.9 Å². The number of aryl methyl sites for hydroxylation is 2. The maximum absolute atomic E-state index is 13.4. The molecule has 7 nitrogen and oxygen atoms in total. The molecule has 150 valence electrons. The van der Waals surface area contributed by atoms with Crippen molar-refractivity contribution in [1.82, 2.24) is 9.55 Å². The number of benzene rings is 3. The Hall–Kier alpha value is -3.49. The van der Waals surface area contributed by atoms with Gasteiger partial charge in [-0.25, -0.2) is 0 Å². The summed E-state index contributed by atoms with van der Waals surface area (Å²) < 4.78 is 36.8. The number of nitrogens with zero attached hydrogens (tertiary/aromatic N) is 1. The number of nitrogens with one attached hydrogen (secondary N) is 1. The van der Waals surface area contributed by atoms with Crippen LogP contribution in [0.2, 0.25) is 0 Å². The van der Waals surface area contributed by atoms with Crippen LogP contribution in [0.3, 0.4) is 0 Å². The topological polar surface area (TPSA) is 109 Å². The van der Waals surface area contributed by atoms with Crippen molar-refractivity contribution in [3.05, 3.63) is 74.5 Å². The van der Waals surface area contributed by atoms with Crippen LogP contribution in [0, 0.1) is 6.92 Å². The van der Waals surface area contributed by atoms with Crippen molar-refractivity contribution in [2.24, 2.45) is 7.05 Å². The van der Waals surface area contributed by atoms with E-state index >= 15 is 0 Å². The third kappa shape index (κ3) is 2.31. The zero-order valence-corrected chi connectivity index (χ0v) is 16.9. The molecule has 0 saturated carbocycles. The molecular weight excluding hydrogens is 404 g/mol. The molecule has 0 fully saturated rings. The van der Waals surface area contributed by atoms with Crippen molar-refractivity contribution in [2.75, 3.05) is 0 Å². The van der Waals surface area contributed by atoms with Gasteiger partial charge in [0.05, 0.1) is 27.3 Å². The molecule has 0 radical (unpaired) electrons. The molecule has 3 aromatic carbocycles. The second-order valence-corrected chi connectivity index (χ2v) is 8.67. The minimum atomic E-state index is -4.85. The van der Waals surface area contributed by atoms with Crippen LogP contribution in [0.4, 0.5) is 0 Å². The van der Waals surface area contributed by atoms with E-state index < -0.39 is 20.4 Å². The van der Waals surface area contributed by atoms with Crippen LogP contribution in [0.5, 0.6) is 0 Å². The SMILES string of the molecule is Cc1c2c(=O)c3ccccc3[nH]c2c(S(=O)(=O)O)c2c(=O)c3ccccc3n(C)c12. The summed E-state index contributed by atoms with van der Waals surface area (Å²) in [5.74, 6) is 0. The quantitative estimate of drug-likeness (QED) is 0.320. The monoisotopic (exact) mass is 420 g/mol. The van der Waals surface area contributed by atoms with Crippen LogP contribution in [0.1, 0.15) is 5.56 Å². The predicted molar refractivity (Wildman–Crippen MR) is 117 cm³/mol. The average molecular weight is 420 g/mol.